The molecule has 2 aromatic carbocycles. The average Bonchev–Trinajstić information content (AvgIpc) is 2.51. The molecule has 26 heavy (non-hydrogen) atoms. The molecular weight excluding hydrogens is 568 g/mol. The van der Waals surface area contributed by atoms with Gasteiger partial charge in [0, 0.05) is 18.3 Å². The van der Waals surface area contributed by atoms with Gasteiger partial charge in [0.25, 0.3) is 0 Å². The molecule has 0 spiro atoms. The molecule has 0 bridgehead atoms. The van der Waals surface area contributed by atoms with Gasteiger partial charge >= 0.3 is 0 Å². The molecule has 0 radical (unpaired) electrons. The molecule has 2 rings (SSSR count). The van der Waals surface area contributed by atoms with E-state index in [4.69, 9.17) is 0 Å². The largest absolute Gasteiger partial charge is 0.295 e. The Bertz CT molecular complexity index is 837. The number of hydrogen-bond donors (Lipinski definition) is 0. The molecule has 2 aromatic rings. The summed E-state index contributed by atoms with van der Waals surface area (Å²) in [5.74, 6) is -1.51. The van der Waals surface area contributed by atoms with Crippen LogP contribution in [0.25, 0.3) is 0 Å². The molecule has 0 saturated carbocycles. The van der Waals surface area contributed by atoms with Crippen LogP contribution in [0.4, 0.5) is 8.78 Å². The van der Waals surface area contributed by atoms with Crippen LogP contribution in [-0.2, 0) is 4.79 Å². The summed E-state index contributed by atoms with van der Waals surface area (Å²) < 4.78 is 27.0. The zero-order chi connectivity index (χ0) is 19.9. The molecule has 0 atom stereocenters. The normalized spacial score (nSPS) is 10.2. The van der Waals surface area contributed by atoms with Gasteiger partial charge in [0.05, 0.1) is 0 Å². The van der Waals surface area contributed by atoms with E-state index in [0.717, 1.165) is 15.7 Å². The molecule has 3 nitrogen and oxygen atoms in total. The third-order valence-electron chi connectivity index (χ3n) is 2.89. The standard InChI is InChI=1S/C11H8FIO2.C8H6FIO/c1-7(14)2-3-11(15)8-4-9(12)6-10(13)5-8;1-5(11)6-2-7(9)4-8(10)3-6/h2-6H,1H3;2-4H,1H3/b3-2+;. The van der Waals surface area contributed by atoms with Gasteiger partial charge in [0.2, 0.25) is 0 Å². The maximum absolute atomic E-state index is 12.9. The van der Waals surface area contributed by atoms with Crippen LogP contribution in [0.1, 0.15) is 34.6 Å². The first-order valence-electron chi connectivity index (χ1n) is 7.24. The van der Waals surface area contributed by atoms with Gasteiger partial charge in [0.1, 0.15) is 11.6 Å². The summed E-state index contributed by atoms with van der Waals surface area (Å²) in [6.07, 6.45) is 2.31. The van der Waals surface area contributed by atoms with E-state index in [9.17, 15) is 23.2 Å². The summed E-state index contributed by atoms with van der Waals surface area (Å²) >= 11 is 3.90. The topological polar surface area (TPSA) is 51.2 Å². The number of carbonyl (C=O) groups is 3. The highest BCUT2D eigenvalue weighted by Crippen LogP contribution is 2.13. The Labute approximate surface area is 177 Å². The molecular formula is C19H14F2I2O3. The fourth-order valence-electron chi connectivity index (χ4n) is 1.74. The third kappa shape index (κ3) is 8.26. The van der Waals surface area contributed by atoms with Crippen LogP contribution in [0.2, 0.25) is 0 Å². The van der Waals surface area contributed by atoms with Crippen LogP contribution >= 0.6 is 45.2 Å². The first-order chi connectivity index (χ1) is 12.1. The summed E-state index contributed by atoms with van der Waals surface area (Å²) in [5.41, 5.74) is 0.673. The van der Waals surface area contributed by atoms with Gasteiger partial charge in [-0.05, 0) is 108 Å². The minimum absolute atomic E-state index is 0.109. The van der Waals surface area contributed by atoms with Crippen LogP contribution in [0.3, 0.4) is 0 Å². The van der Waals surface area contributed by atoms with E-state index in [1.54, 1.807) is 12.1 Å². The van der Waals surface area contributed by atoms with E-state index >= 15 is 0 Å². The second-order valence-electron chi connectivity index (χ2n) is 5.18. The molecule has 7 heteroatoms. The van der Waals surface area contributed by atoms with E-state index in [2.05, 4.69) is 0 Å². The second-order valence-corrected chi connectivity index (χ2v) is 7.67. The predicted molar refractivity (Wildman–Crippen MR) is 112 cm³/mol. The van der Waals surface area contributed by atoms with Gasteiger partial charge in [-0.25, -0.2) is 8.78 Å². The van der Waals surface area contributed by atoms with Crippen molar-refractivity contribution in [3.8, 4) is 0 Å². The molecule has 0 amide bonds. The Balaban J connectivity index is 0.000000273. The van der Waals surface area contributed by atoms with Crippen molar-refractivity contribution in [2.75, 3.05) is 0 Å². The summed E-state index contributed by atoms with van der Waals surface area (Å²) in [4.78, 5) is 32.8. The number of allylic oxidation sites excluding steroid dienone is 2. The number of Topliss-reactive ketones (excluding diaryl/α,β-unsaturated/α-hetero) is 1. The Morgan fingerprint density at radius 3 is 1.65 bits per heavy atom. The van der Waals surface area contributed by atoms with Crippen LogP contribution in [-0.4, -0.2) is 17.3 Å². The summed E-state index contributed by atoms with van der Waals surface area (Å²) in [5, 5.41) is 0. The molecule has 0 fully saturated rings. The lowest BCUT2D eigenvalue weighted by Crippen LogP contribution is -1.97. The van der Waals surface area contributed by atoms with E-state index in [-0.39, 0.29) is 28.7 Å². The Morgan fingerprint density at radius 2 is 1.23 bits per heavy atom. The van der Waals surface area contributed by atoms with Crippen LogP contribution in [0.5, 0.6) is 0 Å². The lowest BCUT2D eigenvalue weighted by Gasteiger charge is -1.97. The smallest absolute Gasteiger partial charge is 0.186 e. The molecule has 0 aliphatic carbocycles. The SMILES string of the molecule is CC(=O)/C=C/C(=O)c1cc(F)cc(I)c1.CC(=O)c1cc(F)cc(I)c1. The zero-order valence-corrected chi connectivity index (χ0v) is 18.2. The van der Waals surface area contributed by atoms with Crippen molar-refractivity contribution in [1.29, 1.82) is 0 Å². The lowest BCUT2D eigenvalue weighted by molar-refractivity contribution is -0.112. The maximum atomic E-state index is 12.9. The third-order valence-corrected chi connectivity index (χ3v) is 4.13. The fraction of sp³-hybridized carbons (Fsp3) is 0.105. The molecule has 0 aliphatic rings. The Kier molecular flexibility index (Phi) is 9.20. The summed E-state index contributed by atoms with van der Waals surface area (Å²) in [7, 11) is 0. The molecule has 0 aliphatic heterocycles. The number of ketones is 3. The van der Waals surface area contributed by atoms with Crippen LogP contribution in [0.15, 0.2) is 48.6 Å². The zero-order valence-electron chi connectivity index (χ0n) is 13.9. The first kappa shape index (κ1) is 22.6. The predicted octanol–water partition coefficient (Wildman–Crippen LogP) is 5.39. The van der Waals surface area contributed by atoms with Gasteiger partial charge in [-0.15, -0.1) is 0 Å². The second kappa shape index (κ2) is 10.6. The Morgan fingerprint density at radius 1 is 0.769 bits per heavy atom. The minimum atomic E-state index is -0.457. The highest BCUT2D eigenvalue weighted by molar-refractivity contribution is 14.1. The Hall–Kier alpha value is -1.49. The van der Waals surface area contributed by atoms with Gasteiger partial charge in [-0.3, -0.25) is 14.4 Å². The molecule has 136 valence electrons. The fourth-order valence-corrected chi connectivity index (χ4v) is 3.01. The van der Waals surface area contributed by atoms with E-state index in [0.29, 0.717) is 9.13 Å². The van der Waals surface area contributed by atoms with Crippen molar-refractivity contribution in [1.82, 2.24) is 0 Å². The average molecular weight is 582 g/mol. The summed E-state index contributed by atoms with van der Waals surface area (Å²) in [6.45, 7) is 2.77. The molecule has 0 unspecified atom stereocenters. The number of halogens is 4. The van der Waals surface area contributed by atoms with Crippen molar-refractivity contribution < 1.29 is 23.2 Å². The quantitative estimate of drug-likeness (QED) is 0.276. The van der Waals surface area contributed by atoms with Crippen molar-refractivity contribution in [3.05, 3.63) is 78.5 Å². The monoisotopic (exact) mass is 582 g/mol. The van der Waals surface area contributed by atoms with Crippen LogP contribution < -0.4 is 0 Å². The van der Waals surface area contributed by atoms with E-state index < -0.39 is 5.82 Å². The lowest BCUT2D eigenvalue weighted by atomic mass is 10.1. The van der Waals surface area contributed by atoms with Gasteiger partial charge < -0.3 is 0 Å². The molecule has 0 heterocycles. The van der Waals surface area contributed by atoms with Gasteiger partial charge in [-0.2, -0.15) is 0 Å². The molecule has 0 N–H and O–H groups in total. The van der Waals surface area contributed by atoms with E-state index in [1.807, 2.05) is 45.2 Å². The van der Waals surface area contributed by atoms with Crippen LogP contribution in [0, 0.1) is 18.8 Å². The van der Waals surface area contributed by atoms with Crippen molar-refractivity contribution in [3.63, 3.8) is 0 Å². The number of carbonyl (C=O) groups excluding carboxylic acids is 3. The van der Waals surface area contributed by atoms with Gasteiger partial charge in [0.15, 0.2) is 17.3 Å². The number of rotatable bonds is 4. The number of hydrogen-bond acceptors (Lipinski definition) is 3. The van der Waals surface area contributed by atoms with Crippen molar-refractivity contribution >= 4 is 62.5 Å². The molecule has 0 aromatic heterocycles. The number of benzene rings is 2. The van der Waals surface area contributed by atoms with Crippen molar-refractivity contribution in [2.45, 2.75) is 13.8 Å². The maximum Gasteiger partial charge on any atom is 0.186 e. The summed E-state index contributed by atoms with van der Waals surface area (Å²) in [6, 6.07) is 8.32. The highest BCUT2D eigenvalue weighted by Gasteiger charge is 2.05. The minimum Gasteiger partial charge on any atom is -0.295 e. The highest BCUT2D eigenvalue weighted by atomic mass is 127. The molecule has 0 saturated heterocycles. The van der Waals surface area contributed by atoms with Gasteiger partial charge in [-0.1, -0.05) is 0 Å². The first-order valence-corrected chi connectivity index (χ1v) is 9.40. The van der Waals surface area contributed by atoms with Crippen molar-refractivity contribution in [2.24, 2.45) is 0 Å². The van der Waals surface area contributed by atoms with E-state index in [1.165, 1.54) is 38.1 Å².